The molecule has 2 aliphatic carbocycles. The minimum atomic E-state index is 0.297. The quantitative estimate of drug-likeness (QED) is 0.267. The second-order valence-corrected chi connectivity index (χ2v) is 11.1. The summed E-state index contributed by atoms with van der Waals surface area (Å²) in [6.45, 7) is 7.09. The summed E-state index contributed by atoms with van der Waals surface area (Å²) in [4.78, 5) is 2.57. The summed E-state index contributed by atoms with van der Waals surface area (Å²) in [5, 5.41) is 1.43. The first kappa shape index (κ1) is 20.5. The van der Waals surface area contributed by atoms with Gasteiger partial charge in [0.25, 0.3) is 6.71 Å². The predicted molar refractivity (Wildman–Crippen MR) is 153 cm³/mol. The average molecular weight is 464 g/mol. The highest BCUT2D eigenvalue weighted by molar-refractivity contribution is 6.99. The smallest absolute Gasteiger partial charge is 0.251 e. The third-order valence-corrected chi connectivity index (χ3v) is 8.69. The normalized spacial score (nSPS) is 19.6. The van der Waals surface area contributed by atoms with Gasteiger partial charge in [-0.05, 0) is 85.3 Å². The minimum Gasteiger partial charge on any atom is -0.315 e. The van der Waals surface area contributed by atoms with E-state index < -0.39 is 0 Å². The van der Waals surface area contributed by atoms with Gasteiger partial charge in [0.1, 0.15) is 0 Å². The molecule has 0 fully saturated rings. The predicted octanol–water partition coefficient (Wildman–Crippen LogP) is 7.37. The van der Waals surface area contributed by atoms with Crippen molar-refractivity contribution >= 4 is 45.6 Å². The third-order valence-electron chi connectivity index (χ3n) is 8.69. The van der Waals surface area contributed by atoms with Crippen LogP contribution in [0.3, 0.4) is 0 Å². The number of allylic oxidation sites excluding steroid dienone is 5. The second kappa shape index (κ2) is 7.16. The van der Waals surface area contributed by atoms with Gasteiger partial charge in [-0.2, -0.15) is 0 Å². The van der Waals surface area contributed by atoms with Crippen LogP contribution >= 0.6 is 0 Å². The van der Waals surface area contributed by atoms with E-state index in [0.717, 1.165) is 19.3 Å². The number of hydrogen-bond donors (Lipinski definition) is 0. The van der Waals surface area contributed by atoms with Crippen LogP contribution in [0.25, 0.3) is 22.1 Å². The van der Waals surface area contributed by atoms with Crippen molar-refractivity contribution < 1.29 is 0 Å². The van der Waals surface area contributed by atoms with Crippen LogP contribution in [0.15, 0.2) is 90.1 Å². The van der Waals surface area contributed by atoms with Crippen LogP contribution in [0.2, 0.25) is 0 Å². The maximum absolute atomic E-state index is 2.62. The molecule has 0 saturated carbocycles. The van der Waals surface area contributed by atoms with Gasteiger partial charge in [-0.15, -0.1) is 0 Å². The van der Waals surface area contributed by atoms with Gasteiger partial charge in [0.15, 0.2) is 0 Å². The highest BCUT2D eigenvalue weighted by atomic mass is 15.2. The van der Waals surface area contributed by atoms with Crippen molar-refractivity contribution in [1.82, 2.24) is 4.57 Å². The molecular weight excluding hydrogens is 435 g/mol. The Balaban J connectivity index is 1.51. The van der Waals surface area contributed by atoms with Crippen molar-refractivity contribution in [2.75, 3.05) is 4.90 Å². The topological polar surface area (TPSA) is 8.17 Å². The SMILES string of the molecule is Cc1ccc(N2C3=C4B(C5=CCCc6c5n(c5ccccc65)C4=CC(C)C3)c3cc(C)ccc32)cc1. The molecule has 4 aromatic rings. The number of hydrogen-bond acceptors (Lipinski definition) is 1. The van der Waals surface area contributed by atoms with Crippen LogP contribution in [0.5, 0.6) is 0 Å². The molecule has 0 spiro atoms. The Morgan fingerprint density at radius 3 is 2.58 bits per heavy atom. The summed E-state index contributed by atoms with van der Waals surface area (Å²) in [5.74, 6) is 0.477. The van der Waals surface area contributed by atoms with Crippen LogP contribution < -0.4 is 10.4 Å². The highest BCUT2D eigenvalue weighted by Crippen LogP contribution is 2.52. The largest absolute Gasteiger partial charge is 0.315 e. The van der Waals surface area contributed by atoms with Crippen LogP contribution in [0, 0.1) is 19.8 Å². The Morgan fingerprint density at radius 2 is 1.72 bits per heavy atom. The molecule has 0 saturated heterocycles. The Kier molecular flexibility index (Phi) is 4.07. The van der Waals surface area contributed by atoms with Crippen molar-refractivity contribution in [2.45, 2.75) is 40.0 Å². The maximum Gasteiger partial charge on any atom is 0.251 e. The molecule has 2 aliphatic heterocycles. The van der Waals surface area contributed by atoms with Crippen LogP contribution in [0.4, 0.5) is 11.4 Å². The standard InChI is InChI=1S/C33H29BN2/c1-20-11-14-23(15-12-20)35-29-16-13-21(2)17-27(29)34-26-9-6-8-25-24-7-4-5-10-28(24)36(33(25)26)31-19-22(3)18-30(35)32(31)34/h4-5,7,9-17,19,22H,6,8,18H2,1-3H3. The molecule has 0 bridgehead atoms. The van der Waals surface area contributed by atoms with E-state index >= 15 is 0 Å². The molecular formula is C33H29BN2. The van der Waals surface area contributed by atoms with Crippen molar-refractivity contribution in [1.29, 1.82) is 0 Å². The summed E-state index contributed by atoms with van der Waals surface area (Å²) in [6, 6.07) is 25.3. The lowest BCUT2D eigenvalue weighted by atomic mass is 9.31. The summed E-state index contributed by atoms with van der Waals surface area (Å²) in [6.07, 6.45) is 8.41. The number of para-hydroxylation sites is 1. The summed E-state index contributed by atoms with van der Waals surface area (Å²) < 4.78 is 2.62. The molecule has 3 aromatic carbocycles. The van der Waals surface area contributed by atoms with E-state index in [9.17, 15) is 0 Å². The van der Waals surface area contributed by atoms with Crippen LogP contribution in [-0.2, 0) is 6.42 Å². The molecule has 3 heteroatoms. The van der Waals surface area contributed by atoms with E-state index in [1.165, 1.54) is 72.5 Å². The highest BCUT2D eigenvalue weighted by Gasteiger charge is 2.47. The van der Waals surface area contributed by atoms with E-state index in [1.807, 2.05) is 0 Å². The molecule has 8 rings (SSSR count). The van der Waals surface area contributed by atoms with Gasteiger partial charge in [-0.3, -0.25) is 0 Å². The van der Waals surface area contributed by atoms with Gasteiger partial charge in [0.05, 0.1) is 5.52 Å². The van der Waals surface area contributed by atoms with Crippen molar-refractivity contribution in [3.8, 4) is 0 Å². The molecule has 174 valence electrons. The van der Waals surface area contributed by atoms with E-state index in [4.69, 9.17) is 0 Å². The molecule has 0 amide bonds. The van der Waals surface area contributed by atoms with Crippen molar-refractivity contribution in [3.05, 3.63) is 112 Å². The minimum absolute atomic E-state index is 0.297. The van der Waals surface area contributed by atoms with Gasteiger partial charge in [0.2, 0.25) is 0 Å². The Hall–Kier alpha value is -3.72. The molecule has 1 atom stereocenters. The van der Waals surface area contributed by atoms with Gasteiger partial charge < -0.3 is 9.47 Å². The average Bonchev–Trinajstić information content (AvgIpc) is 3.23. The van der Waals surface area contributed by atoms with Crippen LogP contribution in [0.1, 0.15) is 42.1 Å². The van der Waals surface area contributed by atoms with Crippen molar-refractivity contribution in [2.24, 2.45) is 5.92 Å². The Morgan fingerprint density at radius 1 is 0.917 bits per heavy atom. The lowest BCUT2D eigenvalue weighted by molar-refractivity contribution is 0.689. The molecule has 36 heavy (non-hydrogen) atoms. The first-order chi connectivity index (χ1) is 17.6. The number of aromatic nitrogens is 1. The summed E-state index contributed by atoms with van der Waals surface area (Å²) >= 11 is 0. The second-order valence-electron chi connectivity index (χ2n) is 11.1. The first-order valence-corrected chi connectivity index (χ1v) is 13.4. The fraction of sp³-hybridized carbons (Fsp3) is 0.212. The molecule has 0 radical (unpaired) electrons. The zero-order valence-electron chi connectivity index (χ0n) is 21.2. The monoisotopic (exact) mass is 464 g/mol. The summed E-state index contributed by atoms with van der Waals surface area (Å²) in [5.41, 5.74) is 17.0. The molecule has 3 heterocycles. The number of benzene rings is 3. The van der Waals surface area contributed by atoms with Gasteiger partial charge >= 0.3 is 0 Å². The third kappa shape index (κ3) is 2.58. The fourth-order valence-electron chi connectivity index (χ4n) is 7.26. The van der Waals surface area contributed by atoms with Crippen molar-refractivity contribution in [3.63, 3.8) is 0 Å². The number of nitrogens with zero attached hydrogens (tertiary/aromatic N) is 2. The first-order valence-electron chi connectivity index (χ1n) is 13.4. The molecule has 1 aromatic heterocycles. The lowest BCUT2D eigenvalue weighted by Gasteiger charge is -2.46. The van der Waals surface area contributed by atoms with Gasteiger partial charge in [-0.1, -0.05) is 72.7 Å². The molecule has 0 N–H and O–H groups in total. The maximum atomic E-state index is 2.62. The molecule has 4 aliphatic rings. The number of fused-ring (bicyclic) bond motifs is 7. The van der Waals surface area contributed by atoms with E-state index in [0.29, 0.717) is 12.6 Å². The van der Waals surface area contributed by atoms with E-state index in [-0.39, 0.29) is 0 Å². The number of rotatable bonds is 1. The Labute approximate surface area is 213 Å². The number of aryl methyl sites for hydroxylation is 3. The zero-order chi connectivity index (χ0) is 24.1. The van der Waals surface area contributed by atoms with Gasteiger partial charge in [-0.25, -0.2) is 0 Å². The number of anilines is 2. The van der Waals surface area contributed by atoms with Gasteiger partial charge in [0, 0.05) is 33.8 Å². The zero-order valence-corrected chi connectivity index (χ0v) is 21.2. The van der Waals surface area contributed by atoms with E-state index in [2.05, 4.69) is 109 Å². The molecule has 2 nitrogen and oxygen atoms in total. The Bertz CT molecular complexity index is 1700. The van der Waals surface area contributed by atoms with Crippen LogP contribution in [-0.4, -0.2) is 11.3 Å². The summed E-state index contributed by atoms with van der Waals surface area (Å²) in [7, 11) is 0. The van der Waals surface area contributed by atoms with E-state index in [1.54, 1.807) is 0 Å². The fourth-order valence-corrected chi connectivity index (χ4v) is 7.26. The molecule has 1 unspecified atom stereocenters. The lowest BCUT2D eigenvalue weighted by Crippen LogP contribution is -2.49.